The fraction of sp³-hybridized carbons (Fsp3) is 1.00. The maximum atomic E-state index is 6.09. The van der Waals surface area contributed by atoms with E-state index in [-0.39, 0.29) is 11.1 Å². The van der Waals surface area contributed by atoms with Crippen LogP contribution in [0.2, 0.25) is 0 Å². The fourth-order valence-corrected chi connectivity index (χ4v) is 3.82. The van der Waals surface area contributed by atoms with Gasteiger partial charge < -0.3 is 10.5 Å². The van der Waals surface area contributed by atoms with Gasteiger partial charge in [0.25, 0.3) is 0 Å². The van der Waals surface area contributed by atoms with Gasteiger partial charge in [0.05, 0.1) is 5.60 Å². The molecule has 0 bridgehead atoms. The highest BCUT2D eigenvalue weighted by atomic mass is 16.5. The first-order chi connectivity index (χ1) is 7.59. The lowest BCUT2D eigenvalue weighted by atomic mass is 9.83. The molecule has 2 N–H and O–H groups in total. The van der Waals surface area contributed by atoms with Crippen molar-refractivity contribution in [2.75, 3.05) is 19.7 Å². The Hall–Kier alpha value is -0.120. The molecule has 16 heavy (non-hydrogen) atoms. The molecular formula is C13H24N2O. The molecule has 2 heterocycles. The SMILES string of the molecule is CC1(N)CN(C2CCOC3(CCCC3)C2)C1. The summed E-state index contributed by atoms with van der Waals surface area (Å²) in [4.78, 5) is 2.57. The van der Waals surface area contributed by atoms with Crippen molar-refractivity contribution in [1.29, 1.82) is 0 Å². The molecular weight excluding hydrogens is 200 g/mol. The van der Waals surface area contributed by atoms with E-state index < -0.39 is 0 Å². The van der Waals surface area contributed by atoms with Crippen molar-refractivity contribution in [3.63, 3.8) is 0 Å². The quantitative estimate of drug-likeness (QED) is 0.734. The zero-order valence-corrected chi connectivity index (χ0v) is 10.4. The van der Waals surface area contributed by atoms with E-state index in [9.17, 15) is 0 Å². The number of hydrogen-bond acceptors (Lipinski definition) is 3. The van der Waals surface area contributed by atoms with Gasteiger partial charge in [0, 0.05) is 31.3 Å². The first-order valence-electron chi connectivity index (χ1n) is 6.76. The second-order valence-electron chi connectivity index (χ2n) is 6.44. The Morgan fingerprint density at radius 2 is 1.94 bits per heavy atom. The smallest absolute Gasteiger partial charge is 0.0697 e. The van der Waals surface area contributed by atoms with Crippen LogP contribution in [0.3, 0.4) is 0 Å². The van der Waals surface area contributed by atoms with Crippen LogP contribution in [-0.2, 0) is 4.74 Å². The summed E-state index contributed by atoms with van der Waals surface area (Å²) in [7, 11) is 0. The van der Waals surface area contributed by atoms with Gasteiger partial charge in [0.15, 0.2) is 0 Å². The summed E-state index contributed by atoms with van der Waals surface area (Å²) >= 11 is 0. The molecule has 1 unspecified atom stereocenters. The third-order valence-corrected chi connectivity index (χ3v) is 4.63. The second-order valence-corrected chi connectivity index (χ2v) is 6.44. The van der Waals surface area contributed by atoms with Gasteiger partial charge >= 0.3 is 0 Å². The molecule has 2 saturated heterocycles. The molecule has 0 amide bonds. The van der Waals surface area contributed by atoms with Crippen LogP contribution < -0.4 is 5.73 Å². The molecule has 92 valence electrons. The Morgan fingerprint density at radius 3 is 2.56 bits per heavy atom. The van der Waals surface area contributed by atoms with Crippen LogP contribution in [0.5, 0.6) is 0 Å². The van der Waals surface area contributed by atoms with Crippen molar-refractivity contribution in [3.8, 4) is 0 Å². The number of nitrogens with two attached hydrogens (primary N) is 1. The van der Waals surface area contributed by atoms with E-state index in [1.54, 1.807) is 0 Å². The van der Waals surface area contributed by atoms with Crippen LogP contribution in [0.15, 0.2) is 0 Å². The van der Waals surface area contributed by atoms with Crippen LogP contribution in [0.4, 0.5) is 0 Å². The van der Waals surface area contributed by atoms with Gasteiger partial charge in [0.2, 0.25) is 0 Å². The Morgan fingerprint density at radius 1 is 1.25 bits per heavy atom. The van der Waals surface area contributed by atoms with E-state index in [0.717, 1.165) is 25.7 Å². The fourth-order valence-electron chi connectivity index (χ4n) is 3.82. The summed E-state index contributed by atoms with van der Waals surface area (Å²) < 4.78 is 6.07. The topological polar surface area (TPSA) is 38.5 Å². The highest BCUT2D eigenvalue weighted by Crippen LogP contribution is 2.42. The van der Waals surface area contributed by atoms with Gasteiger partial charge in [-0.1, -0.05) is 12.8 Å². The Balaban J connectivity index is 1.60. The van der Waals surface area contributed by atoms with Crippen molar-refractivity contribution < 1.29 is 4.74 Å². The van der Waals surface area contributed by atoms with E-state index in [4.69, 9.17) is 10.5 Å². The van der Waals surface area contributed by atoms with Crippen molar-refractivity contribution in [2.45, 2.75) is 62.6 Å². The lowest BCUT2D eigenvalue weighted by Crippen LogP contribution is -2.69. The average Bonchev–Trinajstić information content (AvgIpc) is 2.63. The van der Waals surface area contributed by atoms with Crippen molar-refractivity contribution in [1.82, 2.24) is 4.90 Å². The van der Waals surface area contributed by atoms with Gasteiger partial charge in [-0.15, -0.1) is 0 Å². The summed E-state index contributed by atoms with van der Waals surface area (Å²) in [6.07, 6.45) is 7.76. The van der Waals surface area contributed by atoms with Gasteiger partial charge in [0.1, 0.15) is 0 Å². The molecule has 3 heteroatoms. The standard InChI is InChI=1S/C13H24N2O/c1-12(14)9-15(10-12)11-4-7-16-13(8-11)5-2-3-6-13/h11H,2-10,14H2,1H3. The Bertz CT molecular complexity index is 263. The number of nitrogens with zero attached hydrogens (tertiary/aromatic N) is 1. The number of hydrogen-bond donors (Lipinski definition) is 1. The zero-order valence-electron chi connectivity index (χ0n) is 10.4. The highest BCUT2D eigenvalue weighted by molar-refractivity contribution is 5.02. The predicted molar refractivity (Wildman–Crippen MR) is 64.3 cm³/mol. The number of ether oxygens (including phenoxy) is 1. The molecule has 1 atom stereocenters. The molecule has 3 fully saturated rings. The lowest BCUT2D eigenvalue weighted by Gasteiger charge is -2.53. The molecule has 0 aromatic carbocycles. The molecule has 1 spiro atoms. The minimum Gasteiger partial charge on any atom is -0.375 e. The molecule has 1 aliphatic carbocycles. The third kappa shape index (κ3) is 1.89. The van der Waals surface area contributed by atoms with E-state index in [2.05, 4.69) is 11.8 Å². The minimum absolute atomic E-state index is 0.0706. The summed E-state index contributed by atoms with van der Waals surface area (Å²) in [6, 6.07) is 0.739. The molecule has 1 saturated carbocycles. The average molecular weight is 224 g/mol. The van der Waals surface area contributed by atoms with Crippen molar-refractivity contribution in [2.24, 2.45) is 5.73 Å². The van der Waals surface area contributed by atoms with Gasteiger partial charge in [-0.05, 0) is 32.6 Å². The van der Waals surface area contributed by atoms with Crippen LogP contribution in [0.25, 0.3) is 0 Å². The highest BCUT2D eigenvalue weighted by Gasteiger charge is 2.45. The summed E-state index contributed by atoms with van der Waals surface area (Å²) in [5, 5.41) is 0. The first-order valence-corrected chi connectivity index (χ1v) is 6.76. The van der Waals surface area contributed by atoms with E-state index in [0.29, 0.717) is 0 Å². The maximum Gasteiger partial charge on any atom is 0.0697 e. The summed E-state index contributed by atoms with van der Waals surface area (Å²) in [5.41, 5.74) is 6.41. The third-order valence-electron chi connectivity index (χ3n) is 4.63. The maximum absolute atomic E-state index is 6.09. The summed E-state index contributed by atoms with van der Waals surface area (Å²) in [5.74, 6) is 0. The Labute approximate surface area is 98.3 Å². The first kappa shape index (κ1) is 11.0. The monoisotopic (exact) mass is 224 g/mol. The molecule has 0 radical (unpaired) electrons. The van der Waals surface area contributed by atoms with Crippen LogP contribution in [-0.4, -0.2) is 41.8 Å². The number of rotatable bonds is 1. The Kier molecular flexibility index (Phi) is 2.54. The molecule has 2 aliphatic heterocycles. The predicted octanol–water partition coefficient (Wildman–Crippen LogP) is 1.51. The van der Waals surface area contributed by atoms with Crippen LogP contribution in [0, 0.1) is 0 Å². The number of likely N-dealkylation sites (tertiary alicyclic amines) is 1. The minimum atomic E-state index is 0.0706. The van der Waals surface area contributed by atoms with E-state index >= 15 is 0 Å². The zero-order chi connectivity index (χ0) is 11.2. The normalized spacial score (nSPS) is 37.5. The molecule has 3 rings (SSSR count). The van der Waals surface area contributed by atoms with Crippen LogP contribution in [0.1, 0.15) is 45.4 Å². The second kappa shape index (κ2) is 3.69. The molecule has 3 nitrogen and oxygen atoms in total. The largest absolute Gasteiger partial charge is 0.375 e. The molecule has 0 aromatic heterocycles. The van der Waals surface area contributed by atoms with E-state index in [1.165, 1.54) is 38.5 Å². The van der Waals surface area contributed by atoms with E-state index in [1.807, 2.05) is 0 Å². The van der Waals surface area contributed by atoms with Crippen molar-refractivity contribution in [3.05, 3.63) is 0 Å². The van der Waals surface area contributed by atoms with Crippen LogP contribution >= 0.6 is 0 Å². The molecule has 0 aromatic rings. The van der Waals surface area contributed by atoms with Gasteiger partial charge in [-0.2, -0.15) is 0 Å². The van der Waals surface area contributed by atoms with Gasteiger partial charge in [-0.25, -0.2) is 0 Å². The van der Waals surface area contributed by atoms with Crippen molar-refractivity contribution >= 4 is 0 Å². The lowest BCUT2D eigenvalue weighted by molar-refractivity contribution is -0.117. The molecule has 3 aliphatic rings. The van der Waals surface area contributed by atoms with Gasteiger partial charge in [-0.3, -0.25) is 4.90 Å². The summed E-state index contributed by atoms with van der Waals surface area (Å²) in [6.45, 7) is 5.28.